The standard InChI is InChI=1S/C15H21NO3/c1-3-13(11-15(18)19-2)16-14(17)10-9-12-7-5-4-6-8-12/h4-8,13H,3,9-11H2,1-2H3,(H,16,17). The van der Waals surface area contributed by atoms with E-state index >= 15 is 0 Å². The van der Waals surface area contributed by atoms with Crippen molar-refractivity contribution in [2.75, 3.05) is 7.11 Å². The second-order valence-corrected chi connectivity index (χ2v) is 4.44. The van der Waals surface area contributed by atoms with Crippen molar-refractivity contribution in [2.24, 2.45) is 0 Å². The third-order valence-corrected chi connectivity index (χ3v) is 2.98. The topological polar surface area (TPSA) is 55.4 Å². The monoisotopic (exact) mass is 263 g/mol. The first-order chi connectivity index (χ1) is 9.15. The summed E-state index contributed by atoms with van der Waals surface area (Å²) in [5.41, 5.74) is 1.14. The van der Waals surface area contributed by atoms with Crippen LogP contribution < -0.4 is 5.32 Å². The summed E-state index contributed by atoms with van der Waals surface area (Å²) in [6.07, 6.45) is 2.08. The summed E-state index contributed by atoms with van der Waals surface area (Å²) < 4.78 is 4.60. The third-order valence-electron chi connectivity index (χ3n) is 2.98. The summed E-state index contributed by atoms with van der Waals surface area (Å²) >= 11 is 0. The van der Waals surface area contributed by atoms with Crippen molar-refractivity contribution >= 4 is 11.9 Å². The number of aryl methyl sites for hydroxylation is 1. The predicted octanol–water partition coefficient (Wildman–Crippen LogP) is 2.08. The van der Waals surface area contributed by atoms with Crippen LogP contribution in [0, 0.1) is 0 Å². The van der Waals surface area contributed by atoms with Gasteiger partial charge in [0.25, 0.3) is 0 Å². The van der Waals surface area contributed by atoms with Gasteiger partial charge in [0.2, 0.25) is 5.91 Å². The number of ether oxygens (including phenoxy) is 1. The molecule has 1 rings (SSSR count). The Kier molecular flexibility index (Phi) is 6.64. The molecule has 1 amide bonds. The molecule has 19 heavy (non-hydrogen) atoms. The first kappa shape index (κ1) is 15.2. The molecule has 0 saturated carbocycles. The summed E-state index contributed by atoms with van der Waals surface area (Å²) in [6, 6.07) is 9.72. The summed E-state index contributed by atoms with van der Waals surface area (Å²) in [5, 5.41) is 2.86. The second-order valence-electron chi connectivity index (χ2n) is 4.44. The number of hydrogen-bond acceptors (Lipinski definition) is 3. The van der Waals surface area contributed by atoms with Gasteiger partial charge in [-0.25, -0.2) is 0 Å². The van der Waals surface area contributed by atoms with Gasteiger partial charge in [-0.1, -0.05) is 37.3 Å². The number of nitrogens with one attached hydrogen (secondary N) is 1. The maximum atomic E-state index is 11.8. The average molecular weight is 263 g/mol. The summed E-state index contributed by atoms with van der Waals surface area (Å²) in [4.78, 5) is 23.0. The molecule has 4 nitrogen and oxygen atoms in total. The van der Waals surface area contributed by atoms with Gasteiger partial charge in [0.15, 0.2) is 0 Å². The van der Waals surface area contributed by atoms with Gasteiger partial charge in [-0.3, -0.25) is 9.59 Å². The van der Waals surface area contributed by atoms with Gasteiger partial charge in [-0.2, -0.15) is 0 Å². The highest BCUT2D eigenvalue weighted by Gasteiger charge is 2.14. The number of carbonyl (C=O) groups is 2. The number of methoxy groups -OCH3 is 1. The molecule has 0 saturated heterocycles. The normalized spacial score (nSPS) is 11.7. The molecule has 1 unspecified atom stereocenters. The average Bonchev–Trinajstić information content (AvgIpc) is 2.45. The molecule has 1 atom stereocenters. The van der Waals surface area contributed by atoms with Crippen LogP contribution in [0.4, 0.5) is 0 Å². The first-order valence-corrected chi connectivity index (χ1v) is 6.55. The van der Waals surface area contributed by atoms with Gasteiger partial charge in [-0.15, -0.1) is 0 Å². The number of hydrogen-bond donors (Lipinski definition) is 1. The van der Waals surface area contributed by atoms with Crippen LogP contribution >= 0.6 is 0 Å². The molecule has 0 aromatic heterocycles. The van der Waals surface area contributed by atoms with Crippen molar-refractivity contribution in [1.29, 1.82) is 0 Å². The van der Waals surface area contributed by atoms with E-state index < -0.39 is 0 Å². The van der Waals surface area contributed by atoms with E-state index in [1.54, 1.807) is 0 Å². The molecule has 0 aliphatic carbocycles. The molecule has 0 radical (unpaired) electrons. The largest absolute Gasteiger partial charge is 0.469 e. The molecule has 0 aliphatic rings. The van der Waals surface area contributed by atoms with E-state index in [0.29, 0.717) is 19.3 Å². The molecule has 4 heteroatoms. The van der Waals surface area contributed by atoms with Gasteiger partial charge in [0.05, 0.1) is 13.5 Å². The number of benzene rings is 1. The van der Waals surface area contributed by atoms with Crippen LogP contribution in [-0.4, -0.2) is 25.0 Å². The van der Waals surface area contributed by atoms with Crippen LogP contribution in [0.25, 0.3) is 0 Å². The second kappa shape index (κ2) is 8.29. The highest BCUT2D eigenvalue weighted by Crippen LogP contribution is 2.04. The Morgan fingerprint density at radius 2 is 1.95 bits per heavy atom. The fourth-order valence-corrected chi connectivity index (χ4v) is 1.78. The summed E-state index contributed by atoms with van der Waals surface area (Å²) in [7, 11) is 1.35. The number of carbonyl (C=O) groups excluding carboxylic acids is 2. The molecule has 1 aromatic rings. The molecule has 0 bridgehead atoms. The Morgan fingerprint density at radius 1 is 1.26 bits per heavy atom. The molecule has 0 aliphatic heterocycles. The van der Waals surface area contributed by atoms with Crippen molar-refractivity contribution in [3.63, 3.8) is 0 Å². The maximum Gasteiger partial charge on any atom is 0.307 e. The van der Waals surface area contributed by atoms with Gasteiger partial charge in [0.1, 0.15) is 0 Å². The number of esters is 1. The van der Waals surface area contributed by atoms with Gasteiger partial charge >= 0.3 is 5.97 Å². The molecule has 0 spiro atoms. The fraction of sp³-hybridized carbons (Fsp3) is 0.467. The molecule has 104 valence electrons. The zero-order valence-electron chi connectivity index (χ0n) is 11.5. The Labute approximate surface area is 114 Å². The lowest BCUT2D eigenvalue weighted by atomic mass is 10.1. The van der Waals surface area contributed by atoms with E-state index in [1.807, 2.05) is 37.3 Å². The van der Waals surface area contributed by atoms with E-state index in [9.17, 15) is 9.59 Å². The van der Waals surface area contributed by atoms with E-state index in [1.165, 1.54) is 7.11 Å². The predicted molar refractivity (Wildman–Crippen MR) is 73.6 cm³/mol. The Hall–Kier alpha value is -1.84. The van der Waals surface area contributed by atoms with Crippen molar-refractivity contribution in [1.82, 2.24) is 5.32 Å². The lowest BCUT2D eigenvalue weighted by Gasteiger charge is -2.15. The van der Waals surface area contributed by atoms with Crippen LogP contribution in [0.15, 0.2) is 30.3 Å². The number of amides is 1. The minimum Gasteiger partial charge on any atom is -0.469 e. The molecular weight excluding hydrogens is 242 g/mol. The van der Waals surface area contributed by atoms with E-state index in [4.69, 9.17) is 0 Å². The van der Waals surface area contributed by atoms with Crippen LogP contribution in [0.2, 0.25) is 0 Å². The molecule has 0 heterocycles. The molecule has 1 aromatic carbocycles. The van der Waals surface area contributed by atoms with E-state index in [2.05, 4.69) is 10.1 Å². The number of rotatable bonds is 7. The Balaban J connectivity index is 2.35. The molecule has 0 fully saturated rings. The third kappa shape index (κ3) is 6.04. The van der Waals surface area contributed by atoms with Gasteiger partial charge < -0.3 is 10.1 Å². The molecular formula is C15H21NO3. The lowest BCUT2D eigenvalue weighted by Crippen LogP contribution is -2.36. The van der Waals surface area contributed by atoms with Crippen molar-refractivity contribution in [3.05, 3.63) is 35.9 Å². The Bertz CT molecular complexity index is 403. The quantitative estimate of drug-likeness (QED) is 0.766. The van der Waals surface area contributed by atoms with E-state index in [0.717, 1.165) is 5.56 Å². The van der Waals surface area contributed by atoms with Gasteiger partial charge in [-0.05, 0) is 18.4 Å². The highest BCUT2D eigenvalue weighted by molar-refractivity contribution is 5.77. The Morgan fingerprint density at radius 3 is 2.53 bits per heavy atom. The minimum atomic E-state index is -0.296. The summed E-state index contributed by atoms with van der Waals surface area (Å²) in [5.74, 6) is -0.324. The lowest BCUT2D eigenvalue weighted by molar-refractivity contribution is -0.141. The first-order valence-electron chi connectivity index (χ1n) is 6.55. The zero-order valence-corrected chi connectivity index (χ0v) is 11.5. The van der Waals surface area contributed by atoms with Crippen molar-refractivity contribution in [2.45, 2.75) is 38.6 Å². The van der Waals surface area contributed by atoms with Crippen LogP contribution in [0.5, 0.6) is 0 Å². The van der Waals surface area contributed by atoms with Crippen LogP contribution in [0.3, 0.4) is 0 Å². The van der Waals surface area contributed by atoms with Gasteiger partial charge in [0, 0.05) is 12.5 Å². The van der Waals surface area contributed by atoms with Crippen molar-refractivity contribution in [3.8, 4) is 0 Å². The smallest absolute Gasteiger partial charge is 0.307 e. The van der Waals surface area contributed by atoms with Crippen LogP contribution in [-0.2, 0) is 20.7 Å². The molecule has 1 N–H and O–H groups in total. The zero-order chi connectivity index (χ0) is 14.1. The van der Waals surface area contributed by atoms with E-state index in [-0.39, 0.29) is 24.3 Å². The fourth-order valence-electron chi connectivity index (χ4n) is 1.78. The minimum absolute atomic E-state index is 0.0281. The highest BCUT2D eigenvalue weighted by atomic mass is 16.5. The summed E-state index contributed by atoms with van der Waals surface area (Å²) in [6.45, 7) is 1.94. The SMILES string of the molecule is CCC(CC(=O)OC)NC(=O)CCc1ccccc1. The maximum absolute atomic E-state index is 11.8. The van der Waals surface area contributed by atoms with Crippen molar-refractivity contribution < 1.29 is 14.3 Å². The van der Waals surface area contributed by atoms with Crippen LogP contribution in [0.1, 0.15) is 31.7 Å².